The Kier molecular flexibility index (Phi) is 5.47. The van der Waals surface area contributed by atoms with Crippen LogP contribution in [0.2, 0.25) is 0 Å². The monoisotopic (exact) mass is 392 g/mol. The van der Waals surface area contributed by atoms with Gasteiger partial charge in [-0.1, -0.05) is 11.8 Å². The first kappa shape index (κ1) is 17.6. The van der Waals surface area contributed by atoms with Gasteiger partial charge in [-0.25, -0.2) is 4.98 Å². The van der Waals surface area contributed by atoms with Gasteiger partial charge < -0.3 is 4.74 Å². The molecule has 3 aromatic rings. The van der Waals surface area contributed by atoms with Crippen LogP contribution in [0.4, 0.5) is 5.69 Å². The summed E-state index contributed by atoms with van der Waals surface area (Å²) in [5, 5.41) is 14.0. The Balaban J connectivity index is 1.62. The lowest BCUT2D eigenvalue weighted by Gasteiger charge is -2.00. The zero-order valence-electron chi connectivity index (χ0n) is 13.0. The fourth-order valence-electron chi connectivity index (χ4n) is 1.98. The van der Waals surface area contributed by atoms with Gasteiger partial charge in [0.2, 0.25) is 0 Å². The molecule has 0 N–H and O–H groups in total. The minimum absolute atomic E-state index is 0.0469. The lowest BCUT2D eigenvalue weighted by atomic mass is 10.2. The predicted molar refractivity (Wildman–Crippen MR) is 100 cm³/mol. The molecule has 25 heavy (non-hydrogen) atoms. The van der Waals surface area contributed by atoms with Crippen LogP contribution >= 0.6 is 34.4 Å². The number of carbonyl (C=O) groups excluding carboxylic acids is 1. The molecule has 0 atom stereocenters. The van der Waals surface area contributed by atoms with E-state index in [1.54, 1.807) is 7.11 Å². The third-order valence-corrected chi connectivity index (χ3v) is 6.25. The van der Waals surface area contributed by atoms with Crippen LogP contribution in [0.3, 0.4) is 0 Å². The van der Waals surface area contributed by atoms with E-state index < -0.39 is 4.92 Å². The van der Waals surface area contributed by atoms with Crippen LogP contribution in [0.25, 0.3) is 11.3 Å². The number of nitro groups is 1. The van der Waals surface area contributed by atoms with E-state index in [4.69, 9.17) is 4.74 Å². The Labute approximate surface area is 155 Å². The molecule has 0 radical (unpaired) electrons. The highest BCUT2D eigenvalue weighted by molar-refractivity contribution is 8.01. The van der Waals surface area contributed by atoms with Crippen LogP contribution in [-0.2, 0) is 0 Å². The predicted octanol–water partition coefficient (Wildman–Crippen LogP) is 4.76. The maximum atomic E-state index is 12.1. The van der Waals surface area contributed by atoms with Crippen LogP contribution in [-0.4, -0.2) is 28.6 Å². The molecule has 0 fully saturated rings. The van der Waals surface area contributed by atoms with Crippen molar-refractivity contribution in [3.05, 3.63) is 56.1 Å². The molecule has 0 spiro atoms. The summed E-state index contributed by atoms with van der Waals surface area (Å²) in [6.07, 6.45) is 0. The Morgan fingerprint density at radius 1 is 1.28 bits per heavy atom. The SMILES string of the molecule is COc1ccc(-c2csc(SCC(=O)c3cc([N+](=O)[O-])cs3)n2)cc1. The van der Waals surface area contributed by atoms with Crippen molar-refractivity contribution in [1.82, 2.24) is 4.98 Å². The van der Waals surface area contributed by atoms with Crippen LogP contribution in [0.15, 0.2) is 45.4 Å². The molecule has 9 heteroatoms. The van der Waals surface area contributed by atoms with Crippen LogP contribution in [0, 0.1) is 10.1 Å². The average Bonchev–Trinajstić information content (AvgIpc) is 3.29. The number of thiazole rings is 1. The smallest absolute Gasteiger partial charge is 0.280 e. The quantitative estimate of drug-likeness (QED) is 0.249. The van der Waals surface area contributed by atoms with Crippen molar-refractivity contribution in [3.63, 3.8) is 0 Å². The van der Waals surface area contributed by atoms with Crippen molar-refractivity contribution in [1.29, 1.82) is 0 Å². The van der Waals surface area contributed by atoms with E-state index in [0.29, 0.717) is 4.88 Å². The first-order valence-electron chi connectivity index (χ1n) is 7.05. The molecule has 0 amide bonds. The second-order valence-electron chi connectivity index (χ2n) is 4.87. The number of rotatable bonds is 7. The highest BCUT2D eigenvalue weighted by Crippen LogP contribution is 2.30. The summed E-state index contributed by atoms with van der Waals surface area (Å²) in [7, 11) is 1.62. The standard InChI is InChI=1S/C16H12N2O4S3/c1-22-12-4-2-10(3-5-12)13-8-24-16(17-13)25-9-14(19)15-6-11(7-23-15)18(20)21/h2-8H,9H2,1H3. The molecular formula is C16H12N2O4S3. The molecule has 128 valence electrons. The van der Waals surface area contributed by atoms with Gasteiger partial charge in [-0.15, -0.1) is 22.7 Å². The van der Waals surface area contributed by atoms with Crippen LogP contribution in [0.5, 0.6) is 5.75 Å². The van der Waals surface area contributed by atoms with Crippen molar-refractivity contribution in [3.8, 4) is 17.0 Å². The number of thioether (sulfide) groups is 1. The van der Waals surface area contributed by atoms with E-state index in [0.717, 1.165) is 32.7 Å². The molecule has 0 unspecified atom stereocenters. The lowest BCUT2D eigenvalue weighted by molar-refractivity contribution is -0.384. The number of thiophene rings is 1. The molecule has 2 heterocycles. The Morgan fingerprint density at radius 3 is 2.68 bits per heavy atom. The van der Waals surface area contributed by atoms with Gasteiger partial charge in [-0.2, -0.15) is 0 Å². The largest absolute Gasteiger partial charge is 0.497 e. The summed E-state index contributed by atoms with van der Waals surface area (Å²) in [6, 6.07) is 8.91. The highest BCUT2D eigenvalue weighted by Gasteiger charge is 2.16. The summed E-state index contributed by atoms with van der Waals surface area (Å²) < 4.78 is 5.92. The lowest BCUT2D eigenvalue weighted by Crippen LogP contribution is -1.99. The maximum absolute atomic E-state index is 12.1. The fourth-order valence-corrected chi connectivity index (χ4v) is 4.59. The van der Waals surface area contributed by atoms with Gasteiger partial charge in [0.25, 0.3) is 5.69 Å². The first-order valence-corrected chi connectivity index (χ1v) is 9.80. The molecule has 0 aliphatic rings. The van der Waals surface area contributed by atoms with Crippen LogP contribution < -0.4 is 4.74 Å². The van der Waals surface area contributed by atoms with Gasteiger partial charge >= 0.3 is 0 Å². The minimum atomic E-state index is -0.498. The molecule has 1 aromatic carbocycles. The van der Waals surface area contributed by atoms with Crippen molar-refractivity contribution >= 4 is 45.9 Å². The second-order valence-corrected chi connectivity index (χ2v) is 7.86. The normalized spacial score (nSPS) is 10.6. The van der Waals surface area contributed by atoms with Crippen LogP contribution in [0.1, 0.15) is 9.67 Å². The molecule has 0 bridgehead atoms. The molecule has 0 saturated heterocycles. The number of aromatic nitrogens is 1. The molecule has 0 aliphatic carbocycles. The van der Waals surface area contributed by atoms with E-state index >= 15 is 0 Å². The van der Waals surface area contributed by atoms with Gasteiger partial charge in [-0.05, 0) is 24.3 Å². The number of hydrogen-bond donors (Lipinski definition) is 0. The number of ketones is 1. The van der Waals surface area contributed by atoms with E-state index in [2.05, 4.69) is 4.98 Å². The molecular weight excluding hydrogens is 380 g/mol. The third-order valence-electron chi connectivity index (χ3n) is 3.27. The van der Waals surface area contributed by atoms with E-state index in [-0.39, 0.29) is 17.2 Å². The highest BCUT2D eigenvalue weighted by atomic mass is 32.2. The molecule has 2 aromatic heterocycles. The van der Waals surface area contributed by atoms with Crippen molar-refractivity contribution in [2.75, 3.05) is 12.9 Å². The summed E-state index contributed by atoms with van der Waals surface area (Å²) >= 11 is 3.89. The number of carbonyl (C=O) groups is 1. The van der Waals surface area contributed by atoms with E-state index in [1.807, 2.05) is 29.6 Å². The number of ether oxygens (including phenoxy) is 1. The Hall–Kier alpha value is -2.23. The number of hydrogen-bond acceptors (Lipinski definition) is 8. The zero-order chi connectivity index (χ0) is 17.8. The number of Topliss-reactive ketones (excluding diaryl/α,β-unsaturated/α-hetero) is 1. The van der Waals surface area contributed by atoms with Crippen molar-refractivity contribution in [2.45, 2.75) is 4.34 Å². The second kappa shape index (κ2) is 7.77. The number of benzene rings is 1. The van der Waals surface area contributed by atoms with Crippen molar-refractivity contribution < 1.29 is 14.5 Å². The van der Waals surface area contributed by atoms with Crippen molar-refractivity contribution in [2.24, 2.45) is 0 Å². The third kappa shape index (κ3) is 4.25. The Morgan fingerprint density at radius 2 is 2.04 bits per heavy atom. The number of methoxy groups -OCH3 is 1. The summed E-state index contributed by atoms with van der Waals surface area (Å²) in [5.74, 6) is 0.848. The topological polar surface area (TPSA) is 82.3 Å². The number of nitrogens with zero attached hydrogens (tertiary/aromatic N) is 2. The summed E-state index contributed by atoms with van der Waals surface area (Å²) in [5.41, 5.74) is 1.77. The molecule has 3 rings (SSSR count). The zero-order valence-corrected chi connectivity index (χ0v) is 15.5. The average molecular weight is 392 g/mol. The maximum Gasteiger partial charge on any atom is 0.280 e. The van der Waals surface area contributed by atoms with Gasteiger partial charge in [0, 0.05) is 17.0 Å². The molecule has 0 saturated carbocycles. The molecule has 0 aliphatic heterocycles. The minimum Gasteiger partial charge on any atom is -0.497 e. The first-order chi connectivity index (χ1) is 12.1. The Bertz CT molecular complexity index is 902. The van der Waals surface area contributed by atoms with Gasteiger partial charge in [0.05, 0.1) is 33.7 Å². The summed E-state index contributed by atoms with van der Waals surface area (Å²) in [4.78, 5) is 27.2. The van der Waals surface area contributed by atoms with E-state index in [9.17, 15) is 14.9 Å². The van der Waals surface area contributed by atoms with Gasteiger partial charge in [-0.3, -0.25) is 14.9 Å². The molecule has 6 nitrogen and oxygen atoms in total. The fraction of sp³-hybridized carbons (Fsp3) is 0.125. The van der Waals surface area contributed by atoms with Gasteiger partial charge in [0.15, 0.2) is 10.1 Å². The van der Waals surface area contributed by atoms with Gasteiger partial charge in [0.1, 0.15) is 5.75 Å². The van der Waals surface area contributed by atoms with E-state index in [1.165, 1.54) is 34.5 Å². The summed E-state index contributed by atoms with van der Waals surface area (Å²) in [6.45, 7) is 0.